The summed E-state index contributed by atoms with van der Waals surface area (Å²) < 4.78 is 1.42. The van der Waals surface area contributed by atoms with E-state index in [0.717, 1.165) is 12.8 Å². The molecule has 0 atom stereocenters. The summed E-state index contributed by atoms with van der Waals surface area (Å²) in [6, 6.07) is 32.0. The Labute approximate surface area is 288 Å². The predicted molar refractivity (Wildman–Crippen MR) is 208 cm³/mol. The van der Waals surface area contributed by atoms with Gasteiger partial charge in [-0.25, -0.2) is 0 Å². The van der Waals surface area contributed by atoms with Crippen LogP contribution < -0.4 is 0 Å². The van der Waals surface area contributed by atoms with Gasteiger partial charge in [0.15, 0.2) is 0 Å². The van der Waals surface area contributed by atoms with Crippen molar-refractivity contribution in [3.8, 4) is 22.3 Å². The Morgan fingerprint density at radius 2 is 0.884 bits per heavy atom. The molecule has 0 spiro atoms. The van der Waals surface area contributed by atoms with E-state index in [1.54, 1.807) is 0 Å². The van der Waals surface area contributed by atoms with E-state index in [1.165, 1.54) is 97.4 Å². The second kappa shape index (κ2) is 12.7. The molecule has 0 fully saturated rings. The third-order valence-electron chi connectivity index (χ3n) is 8.86. The fourth-order valence-electron chi connectivity index (χ4n) is 6.76. The van der Waals surface area contributed by atoms with E-state index in [-0.39, 0.29) is 24.0 Å². The topological polar surface area (TPSA) is 0 Å². The third-order valence-corrected chi connectivity index (χ3v) is 10.1. The summed E-state index contributed by atoms with van der Waals surface area (Å²) in [5.41, 5.74) is 18.5. The molecule has 218 valence electrons. The number of benzene rings is 6. The minimum Gasteiger partial charge on any atom is -0.107 e. The molecule has 0 aliphatic heterocycles. The van der Waals surface area contributed by atoms with Crippen LogP contribution in [0.2, 0.25) is 0 Å². The van der Waals surface area contributed by atoms with Crippen molar-refractivity contribution in [1.29, 1.82) is 0 Å². The van der Waals surface area contributed by atoms with Crippen molar-refractivity contribution in [2.45, 2.75) is 61.3 Å². The Morgan fingerprint density at radius 3 is 1.44 bits per heavy atom. The average Bonchev–Trinajstić information content (AvgIpc) is 3.53. The van der Waals surface area contributed by atoms with Crippen molar-refractivity contribution in [1.82, 2.24) is 0 Å². The van der Waals surface area contributed by atoms with Crippen LogP contribution in [-0.4, -0.2) is 0 Å². The smallest absolute Gasteiger partial charge is 0.0250 e. The van der Waals surface area contributed by atoms with Gasteiger partial charge in [-0.1, -0.05) is 109 Å². The highest BCUT2D eigenvalue weighted by molar-refractivity contribution is 14.1. The van der Waals surface area contributed by atoms with Crippen LogP contribution in [0.4, 0.5) is 0 Å². The van der Waals surface area contributed by atoms with Gasteiger partial charge in [-0.05, 0) is 154 Å². The first-order chi connectivity index (χ1) is 20.3. The van der Waals surface area contributed by atoms with Crippen LogP contribution in [0.1, 0.15) is 63.9 Å². The molecule has 2 aliphatic rings. The normalized spacial score (nSPS) is 11.8. The lowest BCUT2D eigenvalue weighted by molar-refractivity contribution is 1.22. The van der Waals surface area contributed by atoms with Crippen molar-refractivity contribution < 1.29 is 0 Å². The van der Waals surface area contributed by atoms with Crippen LogP contribution in [0, 0.1) is 38.2 Å². The van der Waals surface area contributed by atoms with Gasteiger partial charge < -0.3 is 0 Å². The minimum absolute atomic E-state index is 0. The summed E-state index contributed by atoms with van der Waals surface area (Å²) in [5.74, 6) is 0. The van der Waals surface area contributed by atoms with E-state index in [2.05, 4.69) is 142 Å². The number of hydrogen-bond donors (Lipinski definition) is 0. The third kappa shape index (κ3) is 5.78. The molecule has 0 amide bonds. The standard InChI is InChI=1S/C20H18.C19H15I.C2H6.HI/c1-12-5-7-17-16(8-12)11-19-14(3)18-9-13(2)4-6-15(18)10-20(17)19;1-11-4-6-15-14(7-11)10-18-17(15)9-13-5-3-12(2)8-16(13)19(18)20;1-2;/h4-10H,11H2,1-3H3;3-9H,10H2,1-2H3;1-2H3;1H. The van der Waals surface area contributed by atoms with Gasteiger partial charge in [0.2, 0.25) is 0 Å². The Bertz CT molecular complexity index is 1870. The van der Waals surface area contributed by atoms with Crippen molar-refractivity contribution in [2.24, 2.45) is 0 Å². The molecule has 0 saturated heterocycles. The number of halogens is 2. The lowest BCUT2D eigenvalue weighted by Gasteiger charge is -2.10. The molecule has 6 aromatic rings. The van der Waals surface area contributed by atoms with E-state index in [0.29, 0.717) is 0 Å². The fourth-order valence-corrected chi connectivity index (χ4v) is 7.71. The molecule has 0 unspecified atom stereocenters. The number of fused-ring (bicyclic) bond motifs is 8. The highest BCUT2D eigenvalue weighted by Gasteiger charge is 2.23. The highest BCUT2D eigenvalue weighted by Crippen LogP contribution is 2.43. The van der Waals surface area contributed by atoms with Gasteiger partial charge in [0.25, 0.3) is 0 Å². The predicted octanol–water partition coefficient (Wildman–Crippen LogP) is 12.6. The molecule has 43 heavy (non-hydrogen) atoms. The summed E-state index contributed by atoms with van der Waals surface area (Å²) >= 11 is 2.53. The van der Waals surface area contributed by atoms with Crippen LogP contribution in [0.3, 0.4) is 0 Å². The number of aryl methyl sites for hydroxylation is 5. The van der Waals surface area contributed by atoms with Crippen LogP contribution in [0.15, 0.2) is 84.9 Å². The van der Waals surface area contributed by atoms with Crippen LogP contribution in [-0.2, 0) is 12.8 Å². The molecule has 2 aliphatic carbocycles. The lowest BCUT2D eigenvalue weighted by atomic mass is 9.94. The second-order valence-corrected chi connectivity index (χ2v) is 12.9. The molecule has 0 radical (unpaired) electrons. The minimum atomic E-state index is 0. The molecular weight excluding hydrogens is 746 g/mol. The average molecular weight is 787 g/mol. The van der Waals surface area contributed by atoms with E-state index in [4.69, 9.17) is 0 Å². The van der Waals surface area contributed by atoms with E-state index >= 15 is 0 Å². The van der Waals surface area contributed by atoms with Crippen LogP contribution in [0.5, 0.6) is 0 Å². The second-order valence-electron chi connectivity index (χ2n) is 11.9. The largest absolute Gasteiger partial charge is 0.107 e. The first kappa shape index (κ1) is 31.7. The molecule has 6 aromatic carbocycles. The summed E-state index contributed by atoms with van der Waals surface area (Å²) in [5, 5.41) is 5.52. The molecule has 0 heterocycles. The molecule has 0 bridgehead atoms. The quantitative estimate of drug-likeness (QED) is 0.134. The zero-order chi connectivity index (χ0) is 29.7. The SMILES string of the molecule is CC.Cc1ccc2c(c1)Cc1c-2cc2ccc(C)cc2c1C.Cc1ccc2c(c1)Cc1c-2cc2ccc(C)cc2c1I.I. The Kier molecular flexibility index (Phi) is 9.39. The van der Waals surface area contributed by atoms with Crippen LogP contribution in [0.25, 0.3) is 43.8 Å². The maximum Gasteiger partial charge on any atom is 0.0250 e. The van der Waals surface area contributed by atoms with Gasteiger partial charge in [0.1, 0.15) is 0 Å². The van der Waals surface area contributed by atoms with E-state index in [9.17, 15) is 0 Å². The number of rotatable bonds is 0. The lowest BCUT2D eigenvalue weighted by Crippen LogP contribution is -1.89. The van der Waals surface area contributed by atoms with Crippen molar-refractivity contribution >= 4 is 68.1 Å². The van der Waals surface area contributed by atoms with E-state index in [1.807, 2.05) is 13.8 Å². The maximum atomic E-state index is 2.53. The summed E-state index contributed by atoms with van der Waals surface area (Å²) in [6.45, 7) is 15.0. The van der Waals surface area contributed by atoms with Gasteiger partial charge in [0, 0.05) is 3.57 Å². The molecule has 0 saturated carbocycles. The van der Waals surface area contributed by atoms with Gasteiger partial charge in [-0.3, -0.25) is 0 Å². The first-order valence-electron chi connectivity index (χ1n) is 15.2. The Balaban J connectivity index is 0.000000159. The van der Waals surface area contributed by atoms with Crippen molar-refractivity contribution in [3.63, 3.8) is 0 Å². The molecule has 0 nitrogen and oxygen atoms in total. The summed E-state index contributed by atoms with van der Waals surface area (Å²) in [7, 11) is 0. The van der Waals surface area contributed by atoms with Crippen molar-refractivity contribution in [3.05, 3.63) is 139 Å². The number of hydrogen-bond acceptors (Lipinski definition) is 0. The van der Waals surface area contributed by atoms with Gasteiger partial charge >= 0.3 is 0 Å². The molecule has 0 N–H and O–H groups in total. The Hall–Kier alpha value is -2.70. The summed E-state index contributed by atoms with van der Waals surface area (Å²) in [4.78, 5) is 0. The fraction of sp³-hybridized carbons (Fsp3) is 0.220. The Morgan fingerprint density at radius 1 is 0.465 bits per heavy atom. The monoisotopic (exact) mass is 786 g/mol. The molecule has 2 heteroatoms. The van der Waals surface area contributed by atoms with Gasteiger partial charge in [-0.2, -0.15) is 0 Å². The van der Waals surface area contributed by atoms with E-state index < -0.39 is 0 Å². The van der Waals surface area contributed by atoms with Crippen LogP contribution >= 0.6 is 46.6 Å². The first-order valence-corrected chi connectivity index (χ1v) is 16.3. The molecule has 0 aromatic heterocycles. The van der Waals surface area contributed by atoms with Crippen molar-refractivity contribution in [2.75, 3.05) is 0 Å². The summed E-state index contributed by atoms with van der Waals surface area (Å²) in [6.07, 6.45) is 2.16. The molecule has 8 rings (SSSR count). The van der Waals surface area contributed by atoms with Gasteiger partial charge in [-0.15, -0.1) is 24.0 Å². The molecular formula is C41H40I2. The maximum absolute atomic E-state index is 2.53. The zero-order valence-corrected chi connectivity index (χ0v) is 30.8. The highest BCUT2D eigenvalue weighted by atomic mass is 127. The van der Waals surface area contributed by atoms with Gasteiger partial charge in [0.05, 0.1) is 0 Å². The zero-order valence-electron chi connectivity index (χ0n) is 26.3.